The van der Waals surface area contributed by atoms with Gasteiger partial charge in [-0.15, -0.1) is 10.2 Å². The molecule has 25 heavy (non-hydrogen) atoms. The van der Waals surface area contributed by atoms with E-state index in [1.54, 1.807) is 6.33 Å². The number of para-hydroxylation sites is 1. The third-order valence-corrected chi connectivity index (χ3v) is 4.84. The normalized spacial score (nSPS) is 17.5. The maximum absolute atomic E-state index is 12.8. The summed E-state index contributed by atoms with van der Waals surface area (Å²) in [6.45, 7) is 6.58. The van der Waals surface area contributed by atoms with Crippen LogP contribution in [0.1, 0.15) is 50.4 Å². The van der Waals surface area contributed by atoms with Crippen molar-refractivity contribution >= 4 is 11.7 Å². The van der Waals surface area contributed by atoms with E-state index >= 15 is 0 Å². The van der Waals surface area contributed by atoms with Gasteiger partial charge >= 0.3 is 6.03 Å². The van der Waals surface area contributed by atoms with E-state index < -0.39 is 0 Å². The Morgan fingerprint density at radius 3 is 2.96 bits per heavy atom. The minimum Gasteiger partial charge on any atom is -0.324 e. The summed E-state index contributed by atoms with van der Waals surface area (Å²) in [7, 11) is 0. The Morgan fingerprint density at radius 1 is 1.32 bits per heavy atom. The van der Waals surface area contributed by atoms with E-state index in [4.69, 9.17) is 0 Å². The van der Waals surface area contributed by atoms with Crippen LogP contribution in [-0.2, 0) is 13.0 Å². The van der Waals surface area contributed by atoms with Crippen molar-refractivity contribution in [2.24, 2.45) is 0 Å². The monoisotopic (exact) mass is 341 g/mol. The SMILES string of the molecule is CCCc1ccccc1NC(=O)N1CCC[C@H](c2nncn2CC)C1. The minimum absolute atomic E-state index is 0.0178. The lowest BCUT2D eigenvalue weighted by atomic mass is 9.97. The number of carbonyl (C=O) groups excluding carboxylic acids is 1. The third kappa shape index (κ3) is 4.00. The van der Waals surface area contributed by atoms with Gasteiger partial charge in [-0.2, -0.15) is 0 Å². The van der Waals surface area contributed by atoms with Crippen LogP contribution in [0.5, 0.6) is 0 Å². The van der Waals surface area contributed by atoms with Crippen LogP contribution in [0.4, 0.5) is 10.5 Å². The highest BCUT2D eigenvalue weighted by Crippen LogP contribution is 2.26. The number of amides is 2. The number of nitrogens with zero attached hydrogens (tertiary/aromatic N) is 4. The molecule has 0 unspecified atom stereocenters. The number of aryl methyl sites for hydroxylation is 2. The number of hydrogen-bond acceptors (Lipinski definition) is 3. The van der Waals surface area contributed by atoms with Crippen LogP contribution in [0.2, 0.25) is 0 Å². The van der Waals surface area contributed by atoms with E-state index in [0.717, 1.165) is 50.3 Å². The molecule has 1 N–H and O–H groups in total. The molecule has 1 aliphatic rings. The van der Waals surface area contributed by atoms with Crippen LogP contribution in [0.15, 0.2) is 30.6 Å². The van der Waals surface area contributed by atoms with Gasteiger partial charge in [-0.25, -0.2) is 4.79 Å². The zero-order chi connectivity index (χ0) is 17.6. The lowest BCUT2D eigenvalue weighted by molar-refractivity contribution is 0.190. The topological polar surface area (TPSA) is 63.1 Å². The first kappa shape index (κ1) is 17.5. The number of piperidine rings is 1. The van der Waals surface area contributed by atoms with Gasteiger partial charge in [0.15, 0.2) is 0 Å². The van der Waals surface area contributed by atoms with Crippen LogP contribution in [0.25, 0.3) is 0 Å². The molecule has 0 spiro atoms. The molecule has 1 atom stereocenters. The molecule has 2 aromatic rings. The fourth-order valence-corrected chi connectivity index (χ4v) is 3.52. The maximum atomic E-state index is 12.8. The van der Waals surface area contributed by atoms with Crippen molar-refractivity contribution in [3.8, 4) is 0 Å². The first-order valence-corrected chi connectivity index (χ1v) is 9.24. The summed E-state index contributed by atoms with van der Waals surface area (Å²) in [6.07, 6.45) is 5.85. The highest BCUT2D eigenvalue weighted by atomic mass is 16.2. The summed E-state index contributed by atoms with van der Waals surface area (Å²) in [5.74, 6) is 1.25. The van der Waals surface area contributed by atoms with Crippen molar-refractivity contribution in [1.29, 1.82) is 0 Å². The molecule has 1 aromatic heterocycles. The number of hydrogen-bond donors (Lipinski definition) is 1. The number of anilines is 1. The average molecular weight is 341 g/mol. The number of nitrogens with one attached hydrogen (secondary N) is 1. The number of rotatable bonds is 5. The van der Waals surface area contributed by atoms with Crippen LogP contribution in [0, 0.1) is 0 Å². The van der Waals surface area contributed by atoms with Crippen molar-refractivity contribution in [1.82, 2.24) is 19.7 Å². The standard InChI is InChI=1S/C19H27N5O/c1-3-8-15-9-5-6-11-17(15)21-19(25)24-12-7-10-16(13-24)18-22-20-14-23(18)4-2/h5-6,9,11,14,16H,3-4,7-8,10,12-13H2,1-2H3,(H,21,25)/t16-/m0/s1. The van der Waals surface area contributed by atoms with Crippen LogP contribution in [-0.4, -0.2) is 38.8 Å². The van der Waals surface area contributed by atoms with E-state index in [9.17, 15) is 4.79 Å². The summed E-state index contributed by atoms with van der Waals surface area (Å²) in [6, 6.07) is 8.04. The molecule has 1 saturated heterocycles. The van der Waals surface area contributed by atoms with Gasteiger partial charge in [0.1, 0.15) is 12.2 Å². The Labute approximate surface area is 149 Å². The zero-order valence-corrected chi connectivity index (χ0v) is 15.1. The summed E-state index contributed by atoms with van der Waals surface area (Å²) >= 11 is 0. The molecule has 3 rings (SSSR count). The molecule has 1 aromatic carbocycles. The van der Waals surface area contributed by atoms with E-state index in [0.29, 0.717) is 6.54 Å². The molecular formula is C19H27N5O. The zero-order valence-electron chi connectivity index (χ0n) is 15.1. The molecule has 6 nitrogen and oxygen atoms in total. The summed E-state index contributed by atoms with van der Waals surface area (Å²) in [5.41, 5.74) is 2.12. The Kier molecular flexibility index (Phi) is 5.68. The predicted molar refractivity (Wildman–Crippen MR) is 98.7 cm³/mol. The first-order chi connectivity index (χ1) is 12.2. The predicted octanol–water partition coefficient (Wildman–Crippen LogP) is 3.66. The molecule has 134 valence electrons. The maximum Gasteiger partial charge on any atom is 0.321 e. The quantitative estimate of drug-likeness (QED) is 0.902. The lowest BCUT2D eigenvalue weighted by Crippen LogP contribution is -2.42. The average Bonchev–Trinajstić information content (AvgIpc) is 3.12. The second-order valence-corrected chi connectivity index (χ2v) is 6.60. The molecule has 0 radical (unpaired) electrons. The lowest BCUT2D eigenvalue weighted by Gasteiger charge is -2.32. The second kappa shape index (κ2) is 8.14. The van der Waals surface area contributed by atoms with Crippen LogP contribution < -0.4 is 5.32 Å². The first-order valence-electron chi connectivity index (χ1n) is 9.24. The molecule has 2 amide bonds. The summed E-state index contributed by atoms with van der Waals surface area (Å²) in [5, 5.41) is 11.4. The van der Waals surface area contributed by atoms with Gasteiger partial charge in [-0.1, -0.05) is 31.5 Å². The van der Waals surface area contributed by atoms with Crippen molar-refractivity contribution in [2.75, 3.05) is 18.4 Å². The molecule has 1 aliphatic heterocycles. The van der Waals surface area contributed by atoms with Crippen molar-refractivity contribution in [3.05, 3.63) is 42.0 Å². The van der Waals surface area contributed by atoms with Gasteiger partial charge in [0.25, 0.3) is 0 Å². The van der Waals surface area contributed by atoms with Gasteiger partial charge in [0, 0.05) is 31.2 Å². The van der Waals surface area contributed by atoms with E-state index in [2.05, 4.69) is 40.0 Å². The number of urea groups is 1. The second-order valence-electron chi connectivity index (χ2n) is 6.60. The van der Waals surface area contributed by atoms with Gasteiger partial charge in [-0.3, -0.25) is 0 Å². The molecular weight excluding hydrogens is 314 g/mol. The van der Waals surface area contributed by atoms with Crippen LogP contribution in [0.3, 0.4) is 0 Å². The van der Waals surface area contributed by atoms with E-state index in [1.807, 2.05) is 23.1 Å². The van der Waals surface area contributed by atoms with E-state index in [-0.39, 0.29) is 11.9 Å². The fraction of sp³-hybridized carbons (Fsp3) is 0.526. The Morgan fingerprint density at radius 2 is 2.16 bits per heavy atom. The Balaban J connectivity index is 1.68. The van der Waals surface area contributed by atoms with Crippen molar-refractivity contribution < 1.29 is 4.79 Å². The molecule has 2 heterocycles. The minimum atomic E-state index is -0.0178. The fourth-order valence-electron chi connectivity index (χ4n) is 3.52. The van der Waals surface area contributed by atoms with Gasteiger partial charge in [-0.05, 0) is 37.8 Å². The smallest absolute Gasteiger partial charge is 0.321 e. The van der Waals surface area contributed by atoms with Gasteiger partial charge in [0.05, 0.1) is 0 Å². The van der Waals surface area contributed by atoms with Crippen molar-refractivity contribution in [2.45, 2.75) is 52.0 Å². The Hall–Kier alpha value is -2.37. The molecule has 0 saturated carbocycles. The Bertz CT molecular complexity index is 711. The molecule has 1 fully saturated rings. The van der Waals surface area contributed by atoms with E-state index in [1.165, 1.54) is 5.56 Å². The number of likely N-dealkylation sites (tertiary alicyclic amines) is 1. The largest absolute Gasteiger partial charge is 0.324 e. The molecule has 0 aliphatic carbocycles. The summed E-state index contributed by atoms with van der Waals surface area (Å²) in [4.78, 5) is 14.7. The highest BCUT2D eigenvalue weighted by Gasteiger charge is 2.28. The third-order valence-electron chi connectivity index (χ3n) is 4.84. The molecule has 6 heteroatoms. The van der Waals surface area contributed by atoms with Crippen LogP contribution >= 0.6 is 0 Å². The van der Waals surface area contributed by atoms with Crippen molar-refractivity contribution in [3.63, 3.8) is 0 Å². The number of aromatic nitrogens is 3. The number of carbonyl (C=O) groups is 1. The molecule has 0 bridgehead atoms. The summed E-state index contributed by atoms with van der Waals surface area (Å²) < 4.78 is 2.07. The van der Waals surface area contributed by atoms with Gasteiger partial charge in [0.2, 0.25) is 0 Å². The number of benzene rings is 1. The van der Waals surface area contributed by atoms with Gasteiger partial charge < -0.3 is 14.8 Å². The highest BCUT2D eigenvalue weighted by molar-refractivity contribution is 5.90.